The number of nitrogens with zero attached hydrogens (tertiary/aromatic N) is 2. The minimum Gasteiger partial charge on any atom is -0.493 e. The molecule has 3 aromatic carbocycles. The molecule has 1 aliphatic heterocycles. The van der Waals surface area contributed by atoms with E-state index in [-0.39, 0.29) is 16.6 Å². The van der Waals surface area contributed by atoms with E-state index in [4.69, 9.17) is 4.74 Å². The third-order valence-corrected chi connectivity index (χ3v) is 6.70. The molecular weight excluding hydrogens is 438 g/mol. The number of amidine groups is 1. The van der Waals surface area contributed by atoms with Crippen molar-refractivity contribution in [1.82, 2.24) is 4.90 Å². The van der Waals surface area contributed by atoms with E-state index < -0.39 is 10.0 Å². The first kappa shape index (κ1) is 22.5. The third-order valence-electron chi connectivity index (χ3n) is 5.36. The molecule has 8 heteroatoms. The lowest BCUT2D eigenvalue weighted by molar-refractivity contribution is 0.0788. The van der Waals surface area contributed by atoms with Crippen LogP contribution >= 0.6 is 0 Å². The highest BCUT2D eigenvalue weighted by Crippen LogP contribution is 2.26. The molecule has 0 atom stereocenters. The summed E-state index contributed by atoms with van der Waals surface area (Å²) in [4.78, 5) is 14.6. The number of amides is 1. The van der Waals surface area contributed by atoms with Crippen molar-refractivity contribution in [1.29, 1.82) is 0 Å². The number of carbonyl (C=O) groups excluding carboxylic acids is 1. The molecule has 33 heavy (non-hydrogen) atoms. The molecule has 1 heterocycles. The van der Waals surface area contributed by atoms with Gasteiger partial charge in [0.15, 0.2) is 5.84 Å². The fourth-order valence-electron chi connectivity index (χ4n) is 3.55. The monoisotopic (exact) mass is 463 g/mol. The van der Waals surface area contributed by atoms with Crippen molar-refractivity contribution in [3.8, 4) is 5.75 Å². The van der Waals surface area contributed by atoms with E-state index in [1.54, 1.807) is 54.4 Å². The Bertz CT molecular complexity index is 1300. The number of anilines is 1. The van der Waals surface area contributed by atoms with Crippen molar-refractivity contribution >= 4 is 27.5 Å². The van der Waals surface area contributed by atoms with Crippen LogP contribution in [-0.4, -0.2) is 45.3 Å². The van der Waals surface area contributed by atoms with Crippen molar-refractivity contribution in [2.45, 2.75) is 18.2 Å². The van der Waals surface area contributed by atoms with Gasteiger partial charge >= 0.3 is 0 Å². The Hall–Kier alpha value is -3.65. The number of carbonyl (C=O) groups is 1. The van der Waals surface area contributed by atoms with E-state index in [9.17, 15) is 13.2 Å². The van der Waals surface area contributed by atoms with Crippen LogP contribution in [0.4, 0.5) is 5.69 Å². The van der Waals surface area contributed by atoms with Crippen LogP contribution in [-0.2, 0) is 10.0 Å². The molecule has 0 unspecified atom stereocenters. The van der Waals surface area contributed by atoms with Gasteiger partial charge in [0.05, 0.1) is 6.61 Å². The molecule has 1 amide bonds. The van der Waals surface area contributed by atoms with Crippen molar-refractivity contribution in [2.24, 2.45) is 4.40 Å². The molecule has 0 aliphatic carbocycles. The summed E-state index contributed by atoms with van der Waals surface area (Å²) in [5, 5.41) is 3.04. The Balaban J connectivity index is 1.32. The fourth-order valence-corrected chi connectivity index (χ4v) is 4.73. The second-order valence-electron chi connectivity index (χ2n) is 7.81. The summed E-state index contributed by atoms with van der Waals surface area (Å²) in [7, 11) is -1.92. The van der Waals surface area contributed by atoms with Crippen molar-refractivity contribution in [3.05, 3.63) is 89.5 Å². The maximum Gasteiger partial charge on any atom is 0.285 e. The van der Waals surface area contributed by atoms with Gasteiger partial charge in [0.2, 0.25) is 0 Å². The highest BCUT2D eigenvalue weighted by molar-refractivity contribution is 7.90. The Labute approximate surface area is 193 Å². The molecular formula is C25H25N3O4S. The van der Waals surface area contributed by atoms with E-state index in [1.165, 1.54) is 6.07 Å². The molecule has 3 aromatic rings. The largest absolute Gasteiger partial charge is 0.493 e. The predicted octanol–water partition coefficient (Wildman–Crippen LogP) is 4.10. The van der Waals surface area contributed by atoms with Crippen LogP contribution in [0.25, 0.3) is 0 Å². The maximum absolute atomic E-state index is 12.7. The first-order valence-corrected chi connectivity index (χ1v) is 12.0. The second kappa shape index (κ2) is 9.46. The van der Waals surface area contributed by atoms with Crippen molar-refractivity contribution in [2.75, 3.05) is 25.5 Å². The molecule has 7 nitrogen and oxygen atoms in total. The zero-order valence-electron chi connectivity index (χ0n) is 18.5. The highest BCUT2D eigenvalue weighted by atomic mass is 32.2. The van der Waals surface area contributed by atoms with Crippen LogP contribution in [0.15, 0.2) is 82.1 Å². The normalized spacial score (nSPS) is 13.7. The summed E-state index contributed by atoms with van der Waals surface area (Å²) in [5.41, 5.74) is 2.81. The van der Waals surface area contributed by atoms with Crippen molar-refractivity contribution in [3.63, 3.8) is 0 Å². The maximum atomic E-state index is 12.7. The number of para-hydroxylation sites is 1. The Morgan fingerprint density at radius 1 is 1.00 bits per heavy atom. The highest BCUT2D eigenvalue weighted by Gasteiger charge is 2.28. The molecule has 170 valence electrons. The molecule has 4 rings (SSSR count). The molecule has 0 bridgehead atoms. The SMILES string of the molecule is Cc1ccccc1OCCCN(C)C(=O)c1ccc(NC2=NS(=O)(=O)c3ccccc32)cc1. The third kappa shape index (κ3) is 5.06. The van der Waals surface area contributed by atoms with Crippen LogP contribution < -0.4 is 10.1 Å². The Morgan fingerprint density at radius 3 is 2.45 bits per heavy atom. The lowest BCUT2D eigenvalue weighted by Gasteiger charge is -2.18. The second-order valence-corrected chi connectivity index (χ2v) is 9.38. The van der Waals surface area contributed by atoms with Crippen LogP contribution in [0.1, 0.15) is 27.9 Å². The van der Waals surface area contributed by atoms with Crippen LogP contribution in [0.5, 0.6) is 5.75 Å². The summed E-state index contributed by atoms with van der Waals surface area (Å²) < 4.78 is 34.0. The molecule has 0 fully saturated rings. The number of ether oxygens (including phenoxy) is 1. The van der Waals surface area contributed by atoms with E-state index >= 15 is 0 Å². The van der Waals surface area contributed by atoms with Gasteiger partial charge in [-0.25, -0.2) is 0 Å². The zero-order valence-corrected chi connectivity index (χ0v) is 19.3. The van der Waals surface area contributed by atoms with Gasteiger partial charge in [0.1, 0.15) is 10.6 Å². The van der Waals surface area contributed by atoms with Crippen LogP contribution in [0.2, 0.25) is 0 Å². The quantitative estimate of drug-likeness (QED) is 0.533. The zero-order chi connectivity index (χ0) is 23.4. The summed E-state index contributed by atoms with van der Waals surface area (Å²) in [6.07, 6.45) is 0.712. The molecule has 0 radical (unpaired) electrons. The molecule has 0 spiro atoms. The first-order chi connectivity index (χ1) is 15.8. The molecule has 0 saturated heterocycles. The summed E-state index contributed by atoms with van der Waals surface area (Å²) in [6.45, 7) is 3.09. The van der Waals surface area contributed by atoms with Gasteiger partial charge < -0.3 is 15.0 Å². The van der Waals surface area contributed by atoms with Gasteiger partial charge in [-0.1, -0.05) is 30.3 Å². The van der Waals surface area contributed by atoms with Gasteiger partial charge in [-0.15, -0.1) is 4.40 Å². The van der Waals surface area contributed by atoms with E-state index in [0.717, 1.165) is 11.3 Å². The van der Waals surface area contributed by atoms with Crippen LogP contribution in [0, 0.1) is 6.92 Å². The average molecular weight is 464 g/mol. The number of hydrogen-bond acceptors (Lipinski definition) is 5. The van der Waals surface area contributed by atoms with Crippen LogP contribution in [0.3, 0.4) is 0 Å². The lowest BCUT2D eigenvalue weighted by Crippen LogP contribution is -2.28. The number of sulfonamides is 1. The predicted molar refractivity (Wildman–Crippen MR) is 128 cm³/mol. The van der Waals surface area contributed by atoms with Gasteiger partial charge in [-0.05, 0) is 61.4 Å². The van der Waals surface area contributed by atoms with Gasteiger partial charge in [0, 0.05) is 30.4 Å². The molecule has 1 aliphatic rings. The number of rotatable bonds is 7. The number of hydrogen-bond donors (Lipinski definition) is 1. The fraction of sp³-hybridized carbons (Fsp3) is 0.200. The number of aryl methyl sites for hydroxylation is 1. The standard InChI is InChI=1S/C25H25N3O4S/c1-18-8-3-5-10-22(18)32-17-7-16-28(2)25(29)19-12-14-20(15-13-19)26-24-21-9-4-6-11-23(21)33(30,31)27-24/h3-6,8-15H,7,16-17H2,1-2H3,(H,26,27). The minimum absolute atomic E-state index is 0.0939. The first-order valence-electron chi connectivity index (χ1n) is 10.6. The molecule has 1 N–H and O–H groups in total. The Morgan fingerprint density at radius 2 is 1.70 bits per heavy atom. The van der Waals surface area contributed by atoms with E-state index in [2.05, 4.69) is 9.71 Å². The van der Waals surface area contributed by atoms with E-state index in [0.29, 0.717) is 36.4 Å². The number of nitrogens with one attached hydrogen (secondary N) is 1. The summed E-state index contributed by atoms with van der Waals surface area (Å²) in [6, 6.07) is 21.4. The number of benzene rings is 3. The molecule has 0 aromatic heterocycles. The van der Waals surface area contributed by atoms with E-state index in [1.807, 2.05) is 31.2 Å². The van der Waals surface area contributed by atoms with Crippen molar-refractivity contribution < 1.29 is 17.9 Å². The van der Waals surface area contributed by atoms with Gasteiger partial charge in [-0.2, -0.15) is 8.42 Å². The smallest absolute Gasteiger partial charge is 0.285 e. The topological polar surface area (TPSA) is 88.1 Å². The minimum atomic E-state index is -3.68. The average Bonchev–Trinajstić information content (AvgIpc) is 3.07. The summed E-state index contributed by atoms with van der Waals surface area (Å²) in [5.74, 6) is 1.04. The summed E-state index contributed by atoms with van der Waals surface area (Å²) >= 11 is 0. The Kier molecular flexibility index (Phi) is 6.46. The molecule has 0 saturated carbocycles. The van der Waals surface area contributed by atoms with Gasteiger partial charge in [0.25, 0.3) is 15.9 Å². The lowest BCUT2D eigenvalue weighted by atomic mass is 10.1. The number of fused-ring (bicyclic) bond motifs is 1. The van der Waals surface area contributed by atoms with Gasteiger partial charge in [-0.3, -0.25) is 4.79 Å².